The first-order valence-electron chi connectivity index (χ1n) is 8.90. The Labute approximate surface area is 146 Å². The van der Waals surface area contributed by atoms with Gasteiger partial charge in [-0.2, -0.15) is 0 Å². The highest BCUT2D eigenvalue weighted by molar-refractivity contribution is 7.91. The van der Waals surface area contributed by atoms with E-state index in [2.05, 4.69) is 30.8 Å². The van der Waals surface area contributed by atoms with Crippen LogP contribution in [0.3, 0.4) is 0 Å². The van der Waals surface area contributed by atoms with Crippen molar-refractivity contribution in [1.82, 2.24) is 14.5 Å². The van der Waals surface area contributed by atoms with E-state index >= 15 is 0 Å². The fraction of sp³-hybridized carbons (Fsp3) is 0.824. The number of imidazole rings is 1. The Bertz CT molecular complexity index is 619. The number of aromatic nitrogens is 2. The van der Waals surface area contributed by atoms with Gasteiger partial charge in [-0.15, -0.1) is 0 Å². The number of nitrogens with zero attached hydrogens (tertiary/aromatic N) is 3. The SMILES string of the molecule is CCCS(=O)(=O)c1ncc(CN(C)CC(C)C)n1CC1CCCO1. The van der Waals surface area contributed by atoms with Crippen LogP contribution in [0.5, 0.6) is 0 Å². The summed E-state index contributed by atoms with van der Waals surface area (Å²) in [6.45, 7) is 9.22. The highest BCUT2D eigenvalue weighted by atomic mass is 32.2. The molecule has 1 atom stereocenters. The van der Waals surface area contributed by atoms with Gasteiger partial charge in [0.25, 0.3) is 0 Å². The van der Waals surface area contributed by atoms with Crippen molar-refractivity contribution in [2.45, 2.75) is 64.4 Å². The van der Waals surface area contributed by atoms with Crippen LogP contribution in [0.25, 0.3) is 0 Å². The lowest BCUT2D eigenvalue weighted by atomic mass is 10.2. The van der Waals surface area contributed by atoms with Crippen LogP contribution in [-0.4, -0.2) is 54.9 Å². The molecule has 1 unspecified atom stereocenters. The summed E-state index contributed by atoms with van der Waals surface area (Å²) in [7, 11) is -1.28. The average molecular weight is 358 g/mol. The fourth-order valence-corrected chi connectivity index (χ4v) is 4.74. The molecule has 1 fully saturated rings. The van der Waals surface area contributed by atoms with Crippen molar-refractivity contribution in [3.63, 3.8) is 0 Å². The van der Waals surface area contributed by atoms with Crippen molar-refractivity contribution in [2.75, 3.05) is 26.0 Å². The van der Waals surface area contributed by atoms with Crippen molar-refractivity contribution < 1.29 is 13.2 Å². The molecule has 138 valence electrons. The summed E-state index contributed by atoms with van der Waals surface area (Å²) in [5, 5.41) is 0.202. The van der Waals surface area contributed by atoms with Gasteiger partial charge in [-0.05, 0) is 32.2 Å². The molecule has 2 rings (SSSR count). The van der Waals surface area contributed by atoms with Crippen LogP contribution in [0, 0.1) is 5.92 Å². The molecule has 7 heteroatoms. The van der Waals surface area contributed by atoms with Crippen LogP contribution in [0.1, 0.15) is 45.7 Å². The van der Waals surface area contributed by atoms with Crippen LogP contribution in [-0.2, 0) is 27.7 Å². The highest BCUT2D eigenvalue weighted by Gasteiger charge is 2.26. The molecule has 0 aliphatic carbocycles. The van der Waals surface area contributed by atoms with Crippen LogP contribution < -0.4 is 0 Å². The number of rotatable bonds is 9. The molecule has 1 saturated heterocycles. The predicted molar refractivity (Wildman–Crippen MR) is 94.7 cm³/mol. The molecule has 1 aliphatic rings. The van der Waals surface area contributed by atoms with E-state index < -0.39 is 9.84 Å². The van der Waals surface area contributed by atoms with Gasteiger partial charge in [0, 0.05) is 19.7 Å². The first kappa shape index (κ1) is 19.4. The molecule has 0 amide bonds. The zero-order chi connectivity index (χ0) is 17.7. The van der Waals surface area contributed by atoms with E-state index in [-0.39, 0.29) is 17.0 Å². The summed E-state index contributed by atoms with van der Waals surface area (Å²) in [6, 6.07) is 0. The Balaban J connectivity index is 2.27. The molecular weight excluding hydrogens is 326 g/mol. The third-order valence-electron chi connectivity index (χ3n) is 4.17. The smallest absolute Gasteiger partial charge is 0.227 e. The molecule has 1 aliphatic heterocycles. The summed E-state index contributed by atoms with van der Waals surface area (Å²) in [5.41, 5.74) is 0.948. The van der Waals surface area contributed by atoms with Gasteiger partial charge in [-0.3, -0.25) is 0 Å². The molecule has 0 saturated carbocycles. The lowest BCUT2D eigenvalue weighted by Crippen LogP contribution is -2.27. The van der Waals surface area contributed by atoms with E-state index in [0.717, 1.165) is 31.7 Å². The largest absolute Gasteiger partial charge is 0.376 e. The van der Waals surface area contributed by atoms with Gasteiger partial charge < -0.3 is 14.2 Å². The second-order valence-corrected chi connectivity index (χ2v) is 9.19. The second kappa shape index (κ2) is 8.45. The number of hydrogen-bond acceptors (Lipinski definition) is 5. The Morgan fingerprint density at radius 3 is 2.79 bits per heavy atom. The van der Waals surface area contributed by atoms with E-state index in [9.17, 15) is 8.42 Å². The lowest BCUT2D eigenvalue weighted by Gasteiger charge is -2.21. The Kier molecular flexibility index (Phi) is 6.83. The Hall–Kier alpha value is -0.920. The zero-order valence-electron chi connectivity index (χ0n) is 15.4. The molecule has 6 nitrogen and oxygen atoms in total. The minimum absolute atomic E-state index is 0.0870. The van der Waals surface area contributed by atoms with Crippen LogP contribution in [0.15, 0.2) is 11.4 Å². The molecule has 0 bridgehead atoms. The van der Waals surface area contributed by atoms with Gasteiger partial charge in [0.2, 0.25) is 15.0 Å². The summed E-state index contributed by atoms with van der Waals surface area (Å²) in [5.74, 6) is 0.699. The Morgan fingerprint density at radius 1 is 1.46 bits per heavy atom. The quantitative estimate of drug-likeness (QED) is 0.679. The van der Waals surface area contributed by atoms with Crippen LogP contribution >= 0.6 is 0 Å². The molecule has 0 spiro atoms. The number of sulfone groups is 1. The van der Waals surface area contributed by atoms with Gasteiger partial charge in [0.05, 0.1) is 30.3 Å². The first-order valence-corrected chi connectivity index (χ1v) is 10.6. The van der Waals surface area contributed by atoms with Crippen molar-refractivity contribution in [2.24, 2.45) is 5.92 Å². The summed E-state index contributed by atoms with van der Waals surface area (Å²) in [4.78, 5) is 6.49. The van der Waals surface area contributed by atoms with Gasteiger partial charge in [-0.25, -0.2) is 13.4 Å². The van der Waals surface area contributed by atoms with Crippen molar-refractivity contribution in [3.05, 3.63) is 11.9 Å². The van der Waals surface area contributed by atoms with Crippen molar-refractivity contribution in [3.8, 4) is 0 Å². The maximum absolute atomic E-state index is 12.6. The maximum Gasteiger partial charge on any atom is 0.227 e. The van der Waals surface area contributed by atoms with Crippen LogP contribution in [0.2, 0.25) is 0 Å². The van der Waals surface area contributed by atoms with E-state index in [1.54, 1.807) is 6.20 Å². The second-order valence-electron chi connectivity index (χ2n) is 7.19. The third-order valence-corrected chi connectivity index (χ3v) is 6.00. The lowest BCUT2D eigenvalue weighted by molar-refractivity contribution is 0.0933. The molecule has 0 radical (unpaired) electrons. The third kappa shape index (κ3) is 5.04. The summed E-state index contributed by atoms with van der Waals surface area (Å²) >= 11 is 0. The van der Waals surface area contributed by atoms with E-state index in [4.69, 9.17) is 4.74 Å². The average Bonchev–Trinajstić information content (AvgIpc) is 3.09. The monoisotopic (exact) mass is 357 g/mol. The molecule has 2 heterocycles. The molecule has 24 heavy (non-hydrogen) atoms. The molecule has 1 aromatic rings. The number of ether oxygens (including phenoxy) is 1. The number of hydrogen-bond donors (Lipinski definition) is 0. The molecular formula is C17H31N3O3S. The van der Waals surface area contributed by atoms with E-state index in [0.29, 0.717) is 25.4 Å². The minimum atomic E-state index is -3.34. The fourth-order valence-electron chi connectivity index (χ4n) is 3.28. The first-order chi connectivity index (χ1) is 11.3. The molecule has 0 aromatic carbocycles. The molecule has 1 aromatic heterocycles. The van der Waals surface area contributed by atoms with Crippen molar-refractivity contribution >= 4 is 9.84 Å². The standard InChI is InChI=1S/C17H31N3O3S/c1-5-9-24(21,22)17-18-10-15(12-19(4)11-14(2)3)20(17)13-16-7-6-8-23-16/h10,14,16H,5-9,11-13H2,1-4H3. The minimum Gasteiger partial charge on any atom is -0.376 e. The van der Waals surface area contributed by atoms with Gasteiger partial charge in [-0.1, -0.05) is 20.8 Å². The normalized spacial score (nSPS) is 18.8. The summed E-state index contributed by atoms with van der Waals surface area (Å²) < 4.78 is 32.7. The molecule has 0 N–H and O–H groups in total. The summed E-state index contributed by atoms with van der Waals surface area (Å²) in [6.07, 6.45) is 4.42. The van der Waals surface area contributed by atoms with Gasteiger partial charge in [0.1, 0.15) is 0 Å². The van der Waals surface area contributed by atoms with Gasteiger partial charge in [0.15, 0.2) is 0 Å². The van der Waals surface area contributed by atoms with Gasteiger partial charge >= 0.3 is 0 Å². The van der Waals surface area contributed by atoms with E-state index in [1.807, 2.05) is 11.5 Å². The highest BCUT2D eigenvalue weighted by Crippen LogP contribution is 2.21. The topological polar surface area (TPSA) is 64.4 Å². The van der Waals surface area contributed by atoms with Crippen molar-refractivity contribution in [1.29, 1.82) is 0 Å². The van der Waals surface area contributed by atoms with Crippen LogP contribution in [0.4, 0.5) is 0 Å². The Morgan fingerprint density at radius 2 is 2.21 bits per heavy atom. The zero-order valence-corrected chi connectivity index (χ0v) is 16.2. The predicted octanol–water partition coefficient (Wildman–Crippen LogP) is 2.33. The maximum atomic E-state index is 12.6. The van der Waals surface area contributed by atoms with E-state index in [1.165, 1.54) is 0 Å².